The molecule has 0 atom stereocenters. The Morgan fingerprint density at radius 3 is 2.67 bits per heavy atom. The van der Waals surface area contributed by atoms with Crippen molar-refractivity contribution in [3.8, 4) is 11.4 Å². The number of aryl methyl sites for hydroxylation is 1. The minimum atomic E-state index is -0.430. The Hall–Kier alpha value is -2.30. The minimum absolute atomic E-state index is 0.282. The Labute approximate surface area is 103 Å². The molecular weight excluding hydrogens is 231 g/mol. The van der Waals surface area contributed by atoms with Gasteiger partial charge >= 0.3 is 0 Å². The highest BCUT2D eigenvalue weighted by Gasteiger charge is 2.12. The summed E-state index contributed by atoms with van der Waals surface area (Å²) >= 11 is 0. The molecule has 5 heteroatoms. The summed E-state index contributed by atoms with van der Waals surface area (Å²) in [6.07, 6.45) is 4.83. The van der Waals surface area contributed by atoms with Gasteiger partial charge in [0.15, 0.2) is 0 Å². The number of nitrogens with zero attached hydrogens (tertiary/aromatic N) is 4. The lowest BCUT2D eigenvalue weighted by Gasteiger charge is -2.05. The lowest BCUT2D eigenvalue weighted by atomic mass is 10.3. The van der Waals surface area contributed by atoms with Gasteiger partial charge in [0.2, 0.25) is 0 Å². The molecule has 0 aliphatic carbocycles. The van der Waals surface area contributed by atoms with Crippen molar-refractivity contribution < 1.29 is 4.39 Å². The number of aromatic nitrogens is 4. The van der Waals surface area contributed by atoms with Gasteiger partial charge in [-0.3, -0.25) is 0 Å². The summed E-state index contributed by atoms with van der Waals surface area (Å²) in [5.41, 5.74) is 2.57. The molecule has 3 aromatic rings. The third-order valence-corrected chi connectivity index (χ3v) is 2.78. The SMILES string of the molecule is FCCn1c(-c2cncnc2)nc2ccccc21. The molecule has 0 amide bonds. The van der Waals surface area contributed by atoms with Gasteiger partial charge in [-0.05, 0) is 12.1 Å². The van der Waals surface area contributed by atoms with Gasteiger partial charge in [0.05, 0.1) is 23.1 Å². The first-order valence-corrected chi connectivity index (χ1v) is 5.67. The molecule has 18 heavy (non-hydrogen) atoms. The molecule has 0 N–H and O–H groups in total. The molecule has 0 aliphatic heterocycles. The van der Waals surface area contributed by atoms with Crippen molar-refractivity contribution in [1.82, 2.24) is 19.5 Å². The number of benzene rings is 1. The lowest BCUT2D eigenvalue weighted by molar-refractivity contribution is 0.451. The summed E-state index contributed by atoms with van der Waals surface area (Å²) in [4.78, 5) is 12.5. The number of para-hydroxylation sites is 2. The van der Waals surface area contributed by atoms with Crippen LogP contribution in [0.25, 0.3) is 22.4 Å². The van der Waals surface area contributed by atoms with Gasteiger partial charge in [0, 0.05) is 12.4 Å². The average molecular weight is 242 g/mol. The van der Waals surface area contributed by atoms with Gasteiger partial charge < -0.3 is 4.57 Å². The Morgan fingerprint density at radius 2 is 1.89 bits per heavy atom. The Bertz CT molecular complexity index is 663. The van der Waals surface area contributed by atoms with Gasteiger partial charge in [-0.1, -0.05) is 12.1 Å². The molecule has 3 rings (SSSR count). The molecule has 0 fully saturated rings. The van der Waals surface area contributed by atoms with Gasteiger partial charge in [-0.25, -0.2) is 19.3 Å². The molecule has 0 radical (unpaired) electrons. The number of alkyl halides is 1. The number of halogens is 1. The summed E-state index contributed by atoms with van der Waals surface area (Å²) in [6.45, 7) is -0.147. The molecule has 0 aliphatic rings. The van der Waals surface area contributed by atoms with Crippen LogP contribution in [0.4, 0.5) is 4.39 Å². The molecule has 0 bridgehead atoms. The summed E-state index contributed by atoms with van der Waals surface area (Å²) in [6, 6.07) is 7.69. The monoisotopic (exact) mass is 242 g/mol. The Kier molecular flexibility index (Phi) is 2.72. The second-order valence-electron chi connectivity index (χ2n) is 3.89. The Morgan fingerprint density at radius 1 is 1.11 bits per heavy atom. The van der Waals surface area contributed by atoms with Crippen LogP contribution in [0.1, 0.15) is 0 Å². The maximum absolute atomic E-state index is 12.7. The maximum atomic E-state index is 12.7. The van der Waals surface area contributed by atoms with Crippen LogP contribution >= 0.6 is 0 Å². The summed E-state index contributed by atoms with van der Waals surface area (Å²) < 4.78 is 14.6. The van der Waals surface area contributed by atoms with Crippen molar-refractivity contribution in [2.75, 3.05) is 6.67 Å². The summed E-state index contributed by atoms with van der Waals surface area (Å²) in [5, 5.41) is 0. The van der Waals surface area contributed by atoms with E-state index in [1.807, 2.05) is 28.8 Å². The smallest absolute Gasteiger partial charge is 0.144 e. The van der Waals surface area contributed by atoms with Crippen molar-refractivity contribution >= 4 is 11.0 Å². The van der Waals surface area contributed by atoms with Crippen LogP contribution in [0.5, 0.6) is 0 Å². The van der Waals surface area contributed by atoms with Crippen molar-refractivity contribution in [3.63, 3.8) is 0 Å². The largest absolute Gasteiger partial charge is 0.321 e. The topological polar surface area (TPSA) is 43.6 Å². The van der Waals surface area contributed by atoms with Crippen molar-refractivity contribution in [1.29, 1.82) is 0 Å². The number of fused-ring (bicyclic) bond motifs is 1. The zero-order valence-corrected chi connectivity index (χ0v) is 9.62. The van der Waals surface area contributed by atoms with Gasteiger partial charge in [-0.2, -0.15) is 0 Å². The van der Waals surface area contributed by atoms with Crippen molar-refractivity contribution in [3.05, 3.63) is 43.0 Å². The molecule has 90 valence electrons. The summed E-state index contributed by atoms with van der Waals surface area (Å²) in [7, 11) is 0. The second-order valence-corrected chi connectivity index (χ2v) is 3.89. The van der Waals surface area contributed by atoms with E-state index in [0.29, 0.717) is 5.82 Å². The lowest BCUT2D eigenvalue weighted by Crippen LogP contribution is -2.02. The van der Waals surface area contributed by atoms with E-state index in [-0.39, 0.29) is 6.54 Å². The van der Waals surface area contributed by atoms with E-state index < -0.39 is 6.67 Å². The second kappa shape index (κ2) is 4.52. The highest BCUT2D eigenvalue weighted by molar-refractivity contribution is 5.80. The molecule has 0 spiro atoms. The number of hydrogen-bond acceptors (Lipinski definition) is 3. The number of imidazole rings is 1. The van der Waals surface area contributed by atoms with Gasteiger partial charge in [0.25, 0.3) is 0 Å². The van der Waals surface area contributed by atoms with E-state index in [9.17, 15) is 4.39 Å². The van der Waals surface area contributed by atoms with E-state index >= 15 is 0 Å². The number of hydrogen-bond donors (Lipinski definition) is 0. The number of rotatable bonds is 3. The normalized spacial score (nSPS) is 10.9. The molecular formula is C13H11FN4. The van der Waals surface area contributed by atoms with E-state index in [0.717, 1.165) is 16.6 Å². The first kappa shape index (κ1) is 10.8. The molecule has 1 aromatic carbocycles. The van der Waals surface area contributed by atoms with E-state index in [4.69, 9.17) is 0 Å². The van der Waals surface area contributed by atoms with Crippen LogP contribution < -0.4 is 0 Å². The molecule has 0 saturated heterocycles. The van der Waals surface area contributed by atoms with Crippen LogP contribution in [0.3, 0.4) is 0 Å². The first-order chi connectivity index (χ1) is 8.90. The zero-order valence-electron chi connectivity index (χ0n) is 9.62. The average Bonchev–Trinajstić information content (AvgIpc) is 2.80. The fourth-order valence-electron chi connectivity index (χ4n) is 2.02. The minimum Gasteiger partial charge on any atom is -0.321 e. The van der Waals surface area contributed by atoms with Crippen LogP contribution in [-0.4, -0.2) is 26.2 Å². The third kappa shape index (κ3) is 1.73. The molecule has 0 unspecified atom stereocenters. The van der Waals surface area contributed by atoms with Gasteiger partial charge in [0.1, 0.15) is 18.8 Å². The first-order valence-electron chi connectivity index (χ1n) is 5.67. The predicted octanol–water partition coefficient (Wildman–Crippen LogP) is 2.46. The summed E-state index contributed by atoms with van der Waals surface area (Å²) in [5.74, 6) is 0.703. The van der Waals surface area contributed by atoms with Crippen LogP contribution in [0, 0.1) is 0 Å². The van der Waals surface area contributed by atoms with Crippen molar-refractivity contribution in [2.24, 2.45) is 0 Å². The zero-order chi connectivity index (χ0) is 12.4. The van der Waals surface area contributed by atoms with E-state index in [2.05, 4.69) is 15.0 Å². The van der Waals surface area contributed by atoms with Gasteiger partial charge in [-0.15, -0.1) is 0 Å². The standard InChI is InChI=1S/C13H11FN4/c14-5-6-18-12-4-2-1-3-11(12)17-13(18)10-7-15-9-16-8-10/h1-4,7-9H,5-6H2. The van der Waals surface area contributed by atoms with Crippen LogP contribution in [-0.2, 0) is 6.54 Å². The van der Waals surface area contributed by atoms with Crippen molar-refractivity contribution in [2.45, 2.75) is 6.54 Å². The predicted molar refractivity (Wildman–Crippen MR) is 66.7 cm³/mol. The highest BCUT2D eigenvalue weighted by Crippen LogP contribution is 2.23. The Balaban J connectivity index is 2.25. The molecule has 4 nitrogen and oxygen atoms in total. The quantitative estimate of drug-likeness (QED) is 0.708. The molecule has 2 heterocycles. The highest BCUT2D eigenvalue weighted by atomic mass is 19.1. The third-order valence-electron chi connectivity index (χ3n) is 2.78. The maximum Gasteiger partial charge on any atom is 0.144 e. The van der Waals surface area contributed by atoms with E-state index in [1.54, 1.807) is 12.4 Å². The fraction of sp³-hybridized carbons (Fsp3) is 0.154. The van der Waals surface area contributed by atoms with Crippen LogP contribution in [0.15, 0.2) is 43.0 Å². The van der Waals surface area contributed by atoms with Crippen LogP contribution in [0.2, 0.25) is 0 Å². The molecule has 0 saturated carbocycles. The van der Waals surface area contributed by atoms with E-state index in [1.165, 1.54) is 6.33 Å². The molecule has 2 aromatic heterocycles. The fourth-order valence-corrected chi connectivity index (χ4v) is 2.02.